The van der Waals surface area contributed by atoms with E-state index in [0.29, 0.717) is 10.3 Å². The van der Waals surface area contributed by atoms with Gasteiger partial charge >= 0.3 is 5.97 Å². The highest BCUT2D eigenvalue weighted by Gasteiger charge is 2.41. The van der Waals surface area contributed by atoms with Crippen LogP contribution in [0.2, 0.25) is 0 Å². The van der Waals surface area contributed by atoms with Crippen LogP contribution in [0.1, 0.15) is 34.1 Å². The van der Waals surface area contributed by atoms with Crippen LogP contribution in [-0.4, -0.2) is 22.1 Å². The first kappa shape index (κ1) is 20.1. The van der Waals surface area contributed by atoms with Gasteiger partial charge in [-0.2, -0.15) is 0 Å². The molecule has 0 aliphatic heterocycles. The van der Waals surface area contributed by atoms with Crippen molar-refractivity contribution in [2.24, 2.45) is 0 Å². The van der Waals surface area contributed by atoms with Gasteiger partial charge in [0, 0.05) is 0 Å². The molecule has 4 nitrogen and oxygen atoms in total. The van der Waals surface area contributed by atoms with Crippen molar-refractivity contribution in [2.75, 3.05) is 6.61 Å². The van der Waals surface area contributed by atoms with Crippen LogP contribution in [0.3, 0.4) is 0 Å². The number of ether oxygens (including phenoxy) is 1. The Balaban J connectivity index is 2.14. The van der Waals surface area contributed by atoms with Crippen molar-refractivity contribution in [3.05, 3.63) is 124 Å². The molecule has 1 heterocycles. The van der Waals surface area contributed by atoms with Crippen LogP contribution >= 0.6 is 15.9 Å². The van der Waals surface area contributed by atoms with Gasteiger partial charge in [0.05, 0.1) is 12.9 Å². The monoisotopic (exact) mass is 460 g/mol. The molecule has 0 aliphatic rings. The third kappa shape index (κ3) is 3.35. The smallest absolute Gasteiger partial charge is 0.357 e. The number of halogens is 1. The van der Waals surface area contributed by atoms with Crippen molar-refractivity contribution in [1.82, 2.24) is 9.55 Å². The Kier molecular flexibility index (Phi) is 5.81. The molecule has 30 heavy (non-hydrogen) atoms. The Morgan fingerprint density at radius 2 is 1.30 bits per heavy atom. The summed E-state index contributed by atoms with van der Waals surface area (Å²) in [5, 5.41) is 0. The van der Waals surface area contributed by atoms with E-state index in [9.17, 15) is 4.79 Å². The lowest BCUT2D eigenvalue weighted by molar-refractivity contribution is 0.0509. The maximum Gasteiger partial charge on any atom is 0.357 e. The molecule has 0 saturated carbocycles. The second kappa shape index (κ2) is 8.67. The molecular weight excluding hydrogens is 440 g/mol. The number of nitrogens with zero attached hydrogens (tertiary/aromatic N) is 2. The van der Waals surface area contributed by atoms with Crippen LogP contribution < -0.4 is 0 Å². The molecule has 0 aliphatic carbocycles. The maximum atomic E-state index is 13.0. The Labute approximate surface area is 184 Å². The molecule has 0 amide bonds. The summed E-state index contributed by atoms with van der Waals surface area (Å²) in [5.41, 5.74) is 2.59. The maximum absolute atomic E-state index is 13.0. The van der Waals surface area contributed by atoms with Gasteiger partial charge < -0.3 is 9.30 Å². The normalized spacial score (nSPS) is 11.3. The van der Waals surface area contributed by atoms with E-state index in [1.165, 1.54) is 0 Å². The van der Waals surface area contributed by atoms with Gasteiger partial charge in [-0.05, 0) is 39.5 Å². The van der Waals surface area contributed by atoms with Crippen molar-refractivity contribution < 1.29 is 9.53 Å². The standard InChI is InChI=1S/C25H21BrN2O2/c1-2-30-24(29)22-23(26)27-18-28(22)25(19-12-6-3-7-13-19,20-14-8-4-9-15-20)21-16-10-5-11-17-21/h3-18H,2H2,1H3. The first-order chi connectivity index (χ1) is 14.7. The minimum absolute atomic E-state index is 0.283. The molecule has 0 atom stereocenters. The molecule has 4 aromatic rings. The van der Waals surface area contributed by atoms with Crippen LogP contribution in [0, 0.1) is 0 Å². The molecular formula is C25H21BrN2O2. The Morgan fingerprint density at radius 1 is 0.867 bits per heavy atom. The number of benzene rings is 3. The number of carbonyl (C=O) groups excluding carboxylic acids is 1. The van der Waals surface area contributed by atoms with Gasteiger partial charge in [-0.25, -0.2) is 9.78 Å². The number of hydrogen-bond acceptors (Lipinski definition) is 3. The summed E-state index contributed by atoms with van der Waals surface area (Å²) in [6.07, 6.45) is 1.70. The first-order valence-corrected chi connectivity index (χ1v) is 10.6. The topological polar surface area (TPSA) is 44.1 Å². The van der Waals surface area contributed by atoms with Crippen molar-refractivity contribution in [1.29, 1.82) is 0 Å². The van der Waals surface area contributed by atoms with Crippen LogP contribution in [-0.2, 0) is 10.3 Å². The number of aromatic nitrogens is 2. The van der Waals surface area contributed by atoms with Crippen LogP contribution in [0.25, 0.3) is 0 Å². The van der Waals surface area contributed by atoms with Gasteiger partial charge in [0.2, 0.25) is 0 Å². The highest BCUT2D eigenvalue weighted by molar-refractivity contribution is 9.10. The van der Waals surface area contributed by atoms with E-state index >= 15 is 0 Å². The van der Waals surface area contributed by atoms with Gasteiger partial charge in [0.1, 0.15) is 10.1 Å². The van der Waals surface area contributed by atoms with Crippen LogP contribution in [0.15, 0.2) is 102 Å². The van der Waals surface area contributed by atoms with E-state index in [2.05, 4.69) is 57.3 Å². The lowest BCUT2D eigenvalue weighted by Crippen LogP contribution is -2.39. The summed E-state index contributed by atoms with van der Waals surface area (Å²) < 4.78 is 7.74. The highest BCUT2D eigenvalue weighted by atomic mass is 79.9. The number of esters is 1. The molecule has 3 aromatic carbocycles. The van der Waals surface area contributed by atoms with E-state index in [1.54, 1.807) is 13.3 Å². The van der Waals surface area contributed by atoms with Gasteiger partial charge in [-0.1, -0.05) is 91.0 Å². The fraction of sp³-hybridized carbons (Fsp3) is 0.120. The summed E-state index contributed by atoms with van der Waals surface area (Å²) in [6.45, 7) is 2.08. The largest absolute Gasteiger partial charge is 0.461 e. The predicted molar refractivity (Wildman–Crippen MR) is 120 cm³/mol. The van der Waals surface area contributed by atoms with E-state index < -0.39 is 11.5 Å². The number of imidazole rings is 1. The summed E-state index contributed by atoms with van der Waals surface area (Å²) in [6, 6.07) is 30.4. The lowest BCUT2D eigenvalue weighted by Gasteiger charge is -2.38. The second-order valence-corrected chi connectivity index (χ2v) is 7.53. The molecule has 5 heteroatoms. The van der Waals surface area contributed by atoms with Crippen molar-refractivity contribution in [3.63, 3.8) is 0 Å². The quantitative estimate of drug-likeness (QED) is 0.275. The van der Waals surface area contributed by atoms with E-state index in [0.717, 1.165) is 16.7 Å². The zero-order chi connectivity index (χ0) is 21.0. The summed E-state index contributed by atoms with van der Waals surface area (Å²) >= 11 is 3.47. The van der Waals surface area contributed by atoms with Crippen LogP contribution in [0.4, 0.5) is 0 Å². The molecule has 0 spiro atoms. The predicted octanol–water partition coefficient (Wildman–Crippen LogP) is 5.66. The van der Waals surface area contributed by atoms with Gasteiger partial charge in [-0.15, -0.1) is 0 Å². The third-order valence-corrected chi connectivity index (χ3v) is 5.71. The average Bonchev–Trinajstić information content (AvgIpc) is 3.18. The summed E-state index contributed by atoms with van der Waals surface area (Å²) in [7, 11) is 0. The number of carbonyl (C=O) groups is 1. The minimum atomic E-state index is -0.815. The first-order valence-electron chi connectivity index (χ1n) is 9.76. The molecule has 0 N–H and O–H groups in total. The molecule has 150 valence electrons. The fourth-order valence-corrected chi connectivity index (χ4v) is 4.36. The number of hydrogen-bond donors (Lipinski definition) is 0. The van der Waals surface area contributed by atoms with Crippen molar-refractivity contribution in [2.45, 2.75) is 12.5 Å². The van der Waals surface area contributed by atoms with Gasteiger partial charge in [0.15, 0.2) is 5.69 Å². The van der Waals surface area contributed by atoms with E-state index in [-0.39, 0.29) is 6.61 Å². The Morgan fingerprint density at radius 3 is 1.70 bits per heavy atom. The second-order valence-electron chi connectivity index (χ2n) is 6.78. The van der Waals surface area contributed by atoms with Crippen LogP contribution in [0.5, 0.6) is 0 Å². The van der Waals surface area contributed by atoms with Crippen molar-refractivity contribution in [3.8, 4) is 0 Å². The fourth-order valence-electron chi connectivity index (χ4n) is 3.92. The SMILES string of the molecule is CCOC(=O)c1c(Br)ncn1C(c1ccccc1)(c1ccccc1)c1ccccc1. The average molecular weight is 461 g/mol. The molecule has 4 rings (SSSR count). The number of rotatable bonds is 6. The Bertz CT molecular complexity index is 1030. The van der Waals surface area contributed by atoms with Gasteiger partial charge in [-0.3, -0.25) is 0 Å². The summed E-state index contributed by atoms with van der Waals surface area (Å²) in [5.74, 6) is -0.422. The summed E-state index contributed by atoms with van der Waals surface area (Å²) in [4.78, 5) is 17.4. The third-order valence-electron chi connectivity index (χ3n) is 5.13. The lowest BCUT2D eigenvalue weighted by atomic mass is 9.76. The molecule has 0 bridgehead atoms. The molecule has 0 saturated heterocycles. The molecule has 0 unspecified atom stereocenters. The Hall–Kier alpha value is -3.18. The zero-order valence-corrected chi connectivity index (χ0v) is 18.1. The van der Waals surface area contributed by atoms with E-state index in [1.807, 2.05) is 59.2 Å². The molecule has 0 radical (unpaired) electrons. The van der Waals surface area contributed by atoms with E-state index in [4.69, 9.17) is 4.74 Å². The molecule has 1 aromatic heterocycles. The minimum Gasteiger partial charge on any atom is -0.461 e. The molecule has 0 fully saturated rings. The van der Waals surface area contributed by atoms with Crippen molar-refractivity contribution >= 4 is 21.9 Å². The van der Waals surface area contributed by atoms with Gasteiger partial charge in [0.25, 0.3) is 0 Å². The highest BCUT2D eigenvalue weighted by Crippen LogP contribution is 2.42. The zero-order valence-electron chi connectivity index (χ0n) is 16.5.